The molecule has 0 saturated carbocycles. The van der Waals surface area contributed by atoms with E-state index in [1.807, 2.05) is 0 Å². The van der Waals surface area contributed by atoms with Crippen LogP contribution in [0.3, 0.4) is 0 Å². The van der Waals surface area contributed by atoms with Gasteiger partial charge >= 0.3 is 0 Å². The quantitative estimate of drug-likeness (QED) is 0.143. The monoisotopic (exact) mass is 611 g/mol. The van der Waals surface area contributed by atoms with E-state index in [0.29, 0.717) is 0 Å². The van der Waals surface area contributed by atoms with Crippen LogP contribution in [0.5, 0.6) is 0 Å². The van der Waals surface area contributed by atoms with Gasteiger partial charge in [-0.3, -0.25) is 4.90 Å². The summed E-state index contributed by atoms with van der Waals surface area (Å²) in [5.41, 5.74) is 11.1. The van der Waals surface area contributed by atoms with Crippen molar-refractivity contribution in [1.82, 2.24) is 18.6 Å². The average Bonchev–Trinajstić information content (AvgIpc) is 3.79. The first-order valence-corrected chi connectivity index (χ1v) is 16.2. The van der Waals surface area contributed by atoms with Crippen LogP contribution in [0, 0.1) is 60.5 Å². The number of nitrogens with zero attached hydrogens (tertiary/aromatic N) is 7. The number of benzene rings is 3. The zero-order valence-electron chi connectivity index (χ0n) is 28.0. The van der Waals surface area contributed by atoms with Crippen molar-refractivity contribution in [2.24, 2.45) is 0 Å². The molecule has 3 aromatic heterocycles. The summed E-state index contributed by atoms with van der Waals surface area (Å²) in [6, 6.07) is 19.3. The maximum atomic E-state index is 3.56. The Labute approximate surface area is 273 Å². The Morgan fingerprint density at radius 3 is 0.978 bits per heavy atom. The third-order valence-corrected chi connectivity index (χ3v) is 8.91. The van der Waals surface area contributed by atoms with Crippen LogP contribution in [0.2, 0.25) is 0 Å². The first-order valence-electron chi connectivity index (χ1n) is 16.2. The van der Waals surface area contributed by atoms with Crippen molar-refractivity contribution in [2.45, 2.75) is 61.2 Å². The highest BCUT2D eigenvalue weighted by atomic mass is 15.2. The highest BCUT2D eigenvalue weighted by molar-refractivity contribution is 5.48. The Morgan fingerprint density at radius 2 is 0.717 bits per heavy atom. The molecule has 6 aromatic rings. The summed E-state index contributed by atoms with van der Waals surface area (Å²) >= 11 is 0. The highest BCUT2D eigenvalue weighted by Gasteiger charge is 2.13. The molecule has 0 aliphatic heterocycles. The van der Waals surface area contributed by atoms with E-state index < -0.39 is 0 Å². The molecule has 7 heteroatoms. The summed E-state index contributed by atoms with van der Waals surface area (Å²) in [4.78, 5) is 2.53. The molecule has 0 aliphatic rings. The minimum Gasteiger partial charge on any atom is -0.326 e. The van der Waals surface area contributed by atoms with Gasteiger partial charge in [0.2, 0.25) is 19.0 Å². The molecule has 0 amide bonds. The van der Waals surface area contributed by atoms with Crippen LogP contribution in [-0.4, -0.2) is 38.2 Å². The van der Waals surface area contributed by atoms with Crippen molar-refractivity contribution < 1.29 is 13.7 Å². The van der Waals surface area contributed by atoms with Crippen molar-refractivity contribution >= 4 is 0 Å². The Hall–Kier alpha value is -4.75. The molecule has 0 aliphatic carbocycles. The van der Waals surface area contributed by atoms with E-state index in [4.69, 9.17) is 0 Å². The summed E-state index contributed by atoms with van der Waals surface area (Å²) in [5.74, 6) is 0. The lowest BCUT2D eigenvalue weighted by Gasteiger charge is -2.21. The van der Waals surface area contributed by atoms with Crippen LogP contribution in [0.25, 0.3) is 17.1 Å². The molecule has 0 spiro atoms. The molecule has 0 N–H and O–H groups in total. The molecule has 0 saturated heterocycles. The number of rotatable bonds is 12. The molecule has 236 valence electrons. The third kappa shape index (κ3) is 6.90. The Kier molecular flexibility index (Phi) is 9.31. The van der Waals surface area contributed by atoms with Gasteiger partial charge < -0.3 is 27.4 Å². The van der Waals surface area contributed by atoms with Gasteiger partial charge in [-0.1, -0.05) is 54.6 Å². The Bertz CT molecular complexity index is 1660. The van der Waals surface area contributed by atoms with Crippen molar-refractivity contribution in [3.63, 3.8) is 0 Å². The summed E-state index contributed by atoms with van der Waals surface area (Å²) in [5, 5.41) is 0. The van der Waals surface area contributed by atoms with Gasteiger partial charge in [-0.2, -0.15) is 0 Å². The average molecular weight is 612 g/mol. The molecule has 3 heterocycles. The van der Waals surface area contributed by atoms with Crippen LogP contribution in [0.15, 0.2) is 91.8 Å². The molecule has 46 heavy (non-hydrogen) atoms. The second-order valence-electron chi connectivity index (χ2n) is 12.4. The molecular formula is C39H45N7. The lowest BCUT2D eigenvalue weighted by atomic mass is 10.1. The van der Waals surface area contributed by atoms with Crippen LogP contribution >= 0.6 is 0 Å². The molecule has 0 radical (unpaired) electrons. The third-order valence-electron chi connectivity index (χ3n) is 8.91. The lowest BCUT2D eigenvalue weighted by molar-refractivity contribution is -0.709. The van der Waals surface area contributed by atoms with Crippen molar-refractivity contribution in [1.29, 1.82) is 0 Å². The maximum absolute atomic E-state index is 3.56. The topological polar surface area (TPSA) is 29.7 Å². The van der Waals surface area contributed by atoms with Gasteiger partial charge in [0.05, 0.1) is 36.7 Å². The molecular weight excluding hydrogens is 566 g/mol. The van der Waals surface area contributed by atoms with E-state index in [9.17, 15) is 0 Å². The minimum absolute atomic E-state index is 0.855. The van der Waals surface area contributed by atoms with E-state index in [0.717, 1.165) is 39.3 Å². The lowest BCUT2D eigenvalue weighted by Crippen LogP contribution is -2.47. The van der Waals surface area contributed by atoms with E-state index in [1.54, 1.807) is 0 Å². The van der Waals surface area contributed by atoms with Gasteiger partial charge in [-0.25, -0.2) is 0 Å². The molecule has 0 bridgehead atoms. The Balaban J connectivity index is 1.16. The number of para-hydroxylation sites is 3. The maximum Gasteiger partial charge on any atom is 0.243 e. The van der Waals surface area contributed by atoms with Crippen molar-refractivity contribution in [2.75, 3.05) is 19.6 Å². The van der Waals surface area contributed by atoms with Gasteiger partial charge in [0.15, 0.2) is 0 Å². The first-order chi connectivity index (χ1) is 22.3. The van der Waals surface area contributed by atoms with Gasteiger partial charge in [0.1, 0.15) is 0 Å². The number of aryl methyl sites for hydroxylation is 6. The fourth-order valence-corrected chi connectivity index (χ4v) is 6.44. The fraction of sp³-hybridized carbons (Fsp3) is 0.308. The summed E-state index contributed by atoms with van der Waals surface area (Å²) in [6.07, 6.45) is 23.4. The summed E-state index contributed by atoms with van der Waals surface area (Å²) in [6.45, 7) is 18.3. The van der Waals surface area contributed by atoms with Crippen molar-refractivity contribution in [3.8, 4) is 17.1 Å². The van der Waals surface area contributed by atoms with E-state index in [2.05, 4.69) is 185 Å². The van der Waals surface area contributed by atoms with Crippen LogP contribution < -0.4 is 13.7 Å². The van der Waals surface area contributed by atoms with E-state index >= 15 is 0 Å². The second kappa shape index (κ2) is 13.7. The standard InChI is InChI=1S/C39H45N7/c1-31-10-7-11-32(2)37(31)44-25-22-41(28-44)19-16-40(17-20-42-23-26-45(29-42)38-33(3)12-8-13-34(38)4)18-21-43-24-27-46(30-43)39-35(5)14-9-15-36(39)6/h7-15,22-27H,16-21H2,1-6H3. The largest absolute Gasteiger partial charge is 0.326 e. The minimum atomic E-state index is 0.855. The zero-order valence-corrected chi connectivity index (χ0v) is 28.0. The summed E-state index contributed by atoms with van der Waals surface area (Å²) < 4.78 is 12.9. The Morgan fingerprint density at radius 1 is 0.457 bits per heavy atom. The predicted octanol–water partition coefficient (Wildman–Crippen LogP) is 4.87. The molecule has 7 nitrogen and oxygen atoms in total. The van der Waals surface area contributed by atoms with Crippen LogP contribution in [-0.2, 0) is 19.6 Å². The van der Waals surface area contributed by atoms with Crippen LogP contribution in [0.4, 0.5) is 0 Å². The van der Waals surface area contributed by atoms with Gasteiger partial charge in [-0.05, 0) is 74.9 Å². The van der Waals surface area contributed by atoms with Crippen LogP contribution in [0.1, 0.15) is 33.4 Å². The molecule has 0 fully saturated rings. The fourth-order valence-electron chi connectivity index (χ4n) is 6.44. The van der Waals surface area contributed by atoms with Crippen molar-refractivity contribution in [3.05, 3.63) is 144 Å². The SMILES string of the molecule is Cc1cccc(C)c1-n1[c-][n+](CCN(CC[n+]2[c-]n(-c3c(C)cccc3C)cc2)CC[n+]2[c-]n(-c3c(C)cccc3C)cc2)cc1. The van der Waals surface area contributed by atoms with Gasteiger partial charge in [0, 0.05) is 56.8 Å². The van der Waals surface area contributed by atoms with E-state index in [1.165, 1.54) is 50.4 Å². The van der Waals surface area contributed by atoms with Gasteiger partial charge in [0.25, 0.3) is 0 Å². The first kappa shape index (κ1) is 31.2. The van der Waals surface area contributed by atoms with E-state index in [-0.39, 0.29) is 0 Å². The molecule has 6 rings (SSSR count). The predicted molar refractivity (Wildman–Crippen MR) is 179 cm³/mol. The molecule has 3 aromatic carbocycles. The second-order valence-corrected chi connectivity index (χ2v) is 12.4. The number of imidazole rings is 3. The number of aromatic nitrogens is 6. The van der Waals surface area contributed by atoms with Gasteiger partial charge in [-0.15, -0.1) is 0 Å². The zero-order chi connectivity index (χ0) is 32.2. The highest BCUT2D eigenvalue weighted by Crippen LogP contribution is 2.19. The molecule has 0 atom stereocenters. The summed E-state index contributed by atoms with van der Waals surface area (Å²) in [7, 11) is 0. The normalized spacial score (nSPS) is 11.5. The number of hydrogen-bond acceptors (Lipinski definition) is 1. The molecule has 0 unspecified atom stereocenters. The number of hydrogen-bond donors (Lipinski definition) is 0. The smallest absolute Gasteiger partial charge is 0.243 e.